The van der Waals surface area contributed by atoms with Gasteiger partial charge in [0, 0.05) is 39.3 Å². The van der Waals surface area contributed by atoms with Crippen molar-refractivity contribution in [3.05, 3.63) is 88.9 Å². The lowest BCUT2D eigenvalue weighted by atomic mass is 10.1. The summed E-state index contributed by atoms with van der Waals surface area (Å²) in [7, 11) is 2.06. The van der Waals surface area contributed by atoms with Crippen molar-refractivity contribution in [3.63, 3.8) is 0 Å². The highest BCUT2D eigenvalue weighted by Gasteiger charge is 2.23. The first kappa shape index (κ1) is 22.2. The predicted octanol–water partition coefficient (Wildman–Crippen LogP) is 3.71. The molecule has 0 radical (unpaired) electrons. The van der Waals surface area contributed by atoms with Gasteiger partial charge >= 0.3 is 0 Å². The van der Waals surface area contributed by atoms with Crippen LogP contribution in [0.1, 0.15) is 33.1 Å². The predicted molar refractivity (Wildman–Crippen MR) is 120 cm³/mol. The number of amides is 1. The normalized spacial score (nSPS) is 14.8. The standard InChI is InChI=1S/C25H29FN4O2/c1-19-4-3-5-21(14-19)16-29(15-20-6-8-22(26)9-7-20)17-24-27-23(18-32-24)25(31)30-12-10-28(2)11-13-30/h3-9,14,18H,10-13,15-17H2,1-2H3. The van der Waals surface area contributed by atoms with Gasteiger partial charge in [0.25, 0.3) is 5.91 Å². The Labute approximate surface area is 188 Å². The number of carbonyl (C=O) groups excluding carboxylic acids is 1. The van der Waals surface area contributed by atoms with Gasteiger partial charge in [0.15, 0.2) is 5.69 Å². The van der Waals surface area contributed by atoms with Gasteiger partial charge in [0.2, 0.25) is 5.89 Å². The van der Waals surface area contributed by atoms with E-state index in [0.717, 1.165) is 18.7 Å². The van der Waals surface area contributed by atoms with Gasteiger partial charge in [-0.15, -0.1) is 0 Å². The van der Waals surface area contributed by atoms with E-state index in [2.05, 4.69) is 47.0 Å². The highest BCUT2D eigenvalue weighted by Crippen LogP contribution is 2.16. The van der Waals surface area contributed by atoms with Crippen LogP contribution in [0.2, 0.25) is 0 Å². The molecule has 1 aliphatic rings. The Morgan fingerprint density at radius 2 is 1.75 bits per heavy atom. The van der Waals surface area contributed by atoms with Crippen LogP contribution in [0.15, 0.2) is 59.2 Å². The van der Waals surface area contributed by atoms with Crippen LogP contribution in [0.3, 0.4) is 0 Å². The molecule has 7 heteroatoms. The fourth-order valence-electron chi connectivity index (χ4n) is 3.93. The van der Waals surface area contributed by atoms with Gasteiger partial charge in [-0.2, -0.15) is 0 Å². The lowest BCUT2D eigenvalue weighted by Crippen LogP contribution is -2.47. The molecule has 168 valence electrons. The molecule has 6 nitrogen and oxygen atoms in total. The summed E-state index contributed by atoms with van der Waals surface area (Å²) >= 11 is 0. The van der Waals surface area contributed by atoms with Crippen LogP contribution < -0.4 is 0 Å². The highest BCUT2D eigenvalue weighted by molar-refractivity contribution is 5.92. The number of rotatable bonds is 7. The molecule has 32 heavy (non-hydrogen) atoms. The number of likely N-dealkylation sites (N-methyl/N-ethyl adjacent to an activating group) is 1. The number of benzene rings is 2. The molecular weight excluding hydrogens is 407 g/mol. The fraction of sp³-hybridized carbons (Fsp3) is 0.360. The Bertz CT molecular complexity index is 1040. The van der Waals surface area contributed by atoms with E-state index in [1.54, 1.807) is 12.1 Å². The van der Waals surface area contributed by atoms with Crippen LogP contribution >= 0.6 is 0 Å². The van der Waals surface area contributed by atoms with E-state index in [1.165, 1.54) is 29.5 Å². The number of halogens is 1. The number of nitrogens with zero attached hydrogens (tertiary/aromatic N) is 4. The van der Waals surface area contributed by atoms with Gasteiger partial charge in [-0.1, -0.05) is 42.0 Å². The summed E-state index contributed by atoms with van der Waals surface area (Å²) in [6, 6.07) is 14.9. The lowest BCUT2D eigenvalue weighted by molar-refractivity contribution is 0.0658. The molecule has 0 spiro atoms. The minimum atomic E-state index is -0.251. The molecule has 3 aromatic rings. The number of aryl methyl sites for hydroxylation is 1. The first-order valence-electron chi connectivity index (χ1n) is 10.9. The van der Waals surface area contributed by atoms with E-state index in [0.29, 0.717) is 44.3 Å². The Hall–Kier alpha value is -3.03. The monoisotopic (exact) mass is 436 g/mol. The van der Waals surface area contributed by atoms with Crippen molar-refractivity contribution in [2.75, 3.05) is 33.2 Å². The Balaban J connectivity index is 1.47. The zero-order chi connectivity index (χ0) is 22.5. The van der Waals surface area contributed by atoms with E-state index < -0.39 is 0 Å². The largest absolute Gasteiger partial charge is 0.447 e. The zero-order valence-electron chi connectivity index (χ0n) is 18.6. The van der Waals surface area contributed by atoms with Crippen molar-refractivity contribution < 1.29 is 13.6 Å². The summed E-state index contributed by atoms with van der Waals surface area (Å²) in [4.78, 5) is 23.5. The molecule has 0 saturated carbocycles. The Morgan fingerprint density at radius 3 is 2.47 bits per heavy atom. The van der Waals surface area contributed by atoms with Gasteiger partial charge in [-0.3, -0.25) is 9.69 Å². The zero-order valence-corrected chi connectivity index (χ0v) is 18.6. The average molecular weight is 437 g/mol. The number of hydrogen-bond acceptors (Lipinski definition) is 5. The van der Waals surface area contributed by atoms with E-state index in [1.807, 2.05) is 11.0 Å². The molecule has 4 rings (SSSR count). The van der Waals surface area contributed by atoms with Crippen LogP contribution in [0.25, 0.3) is 0 Å². The molecule has 2 heterocycles. The summed E-state index contributed by atoms with van der Waals surface area (Å²) in [5.74, 6) is 0.160. The summed E-state index contributed by atoms with van der Waals surface area (Å²) in [6.07, 6.45) is 1.46. The van der Waals surface area contributed by atoms with E-state index >= 15 is 0 Å². The minimum absolute atomic E-state index is 0.0862. The van der Waals surface area contributed by atoms with E-state index in [-0.39, 0.29) is 11.7 Å². The number of aromatic nitrogens is 1. The topological polar surface area (TPSA) is 52.8 Å². The van der Waals surface area contributed by atoms with Crippen LogP contribution in [0, 0.1) is 12.7 Å². The molecule has 1 saturated heterocycles. The van der Waals surface area contributed by atoms with E-state index in [9.17, 15) is 9.18 Å². The highest BCUT2D eigenvalue weighted by atomic mass is 19.1. The third kappa shape index (κ3) is 5.81. The van der Waals surface area contributed by atoms with Crippen molar-refractivity contribution in [2.45, 2.75) is 26.6 Å². The van der Waals surface area contributed by atoms with Crippen LogP contribution in [0.4, 0.5) is 4.39 Å². The van der Waals surface area contributed by atoms with Crippen molar-refractivity contribution in [2.24, 2.45) is 0 Å². The quantitative estimate of drug-likeness (QED) is 0.565. The van der Waals surface area contributed by atoms with Crippen molar-refractivity contribution in [1.82, 2.24) is 19.7 Å². The van der Waals surface area contributed by atoms with E-state index in [4.69, 9.17) is 4.42 Å². The molecule has 1 aromatic heterocycles. The molecule has 0 N–H and O–H groups in total. The minimum Gasteiger partial charge on any atom is -0.447 e. The second-order valence-corrected chi connectivity index (χ2v) is 8.48. The smallest absolute Gasteiger partial charge is 0.275 e. The average Bonchev–Trinajstić information content (AvgIpc) is 3.24. The third-order valence-electron chi connectivity index (χ3n) is 5.73. The maximum absolute atomic E-state index is 13.3. The third-order valence-corrected chi connectivity index (χ3v) is 5.73. The van der Waals surface area contributed by atoms with Crippen LogP contribution in [-0.4, -0.2) is 58.8 Å². The van der Waals surface area contributed by atoms with Crippen molar-refractivity contribution in [1.29, 1.82) is 0 Å². The molecule has 0 bridgehead atoms. The van der Waals surface area contributed by atoms with Gasteiger partial charge in [-0.05, 0) is 37.2 Å². The molecule has 0 aliphatic carbocycles. The van der Waals surface area contributed by atoms with Crippen molar-refractivity contribution in [3.8, 4) is 0 Å². The summed E-state index contributed by atoms with van der Waals surface area (Å²) in [6.45, 7) is 6.92. The maximum Gasteiger partial charge on any atom is 0.275 e. The summed E-state index contributed by atoms with van der Waals surface area (Å²) in [5.41, 5.74) is 3.72. The molecule has 1 amide bonds. The Kier molecular flexibility index (Phi) is 6.97. The molecular formula is C25H29FN4O2. The van der Waals surface area contributed by atoms with Crippen LogP contribution in [-0.2, 0) is 19.6 Å². The number of carbonyl (C=O) groups is 1. The molecule has 0 unspecified atom stereocenters. The SMILES string of the molecule is Cc1cccc(CN(Cc2ccc(F)cc2)Cc2nc(C(=O)N3CCN(C)CC3)co2)c1. The molecule has 1 aliphatic heterocycles. The summed E-state index contributed by atoms with van der Waals surface area (Å²) in [5, 5.41) is 0. The second-order valence-electron chi connectivity index (χ2n) is 8.48. The maximum atomic E-state index is 13.3. The van der Waals surface area contributed by atoms with Crippen LogP contribution in [0.5, 0.6) is 0 Å². The number of hydrogen-bond donors (Lipinski definition) is 0. The second kappa shape index (κ2) is 10.1. The first-order chi connectivity index (χ1) is 15.5. The van der Waals surface area contributed by atoms with Gasteiger partial charge in [0.05, 0.1) is 6.54 Å². The lowest BCUT2D eigenvalue weighted by Gasteiger charge is -2.31. The van der Waals surface area contributed by atoms with Gasteiger partial charge < -0.3 is 14.2 Å². The number of oxazole rings is 1. The van der Waals surface area contributed by atoms with Gasteiger partial charge in [0.1, 0.15) is 12.1 Å². The van der Waals surface area contributed by atoms with Crippen molar-refractivity contribution >= 4 is 5.91 Å². The number of piperazine rings is 1. The summed E-state index contributed by atoms with van der Waals surface area (Å²) < 4.78 is 19.0. The fourth-order valence-corrected chi connectivity index (χ4v) is 3.93. The Morgan fingerprint density at radius 1 is 1.03 bits per heavy atom. The van der Waals surface area contributed by atoms with Gasteiger partial charge in [-0.25, -0.2) is 9.37 Å². The first-order valence-corrected chi connectivity index (χ1v) is 10.9. The molecule has 0 atom stereocenters. The molecule has 2 aromatic carbocycles. The molecule has 1 fully saturated rings.